The molecule has 0 saturated carbocycles. The van der Waals surface area contributed by atoms with Crippen LogP contribution in [0, 0.1) is 4.93 Å². The zero-order valence-electron chi connectivity index (χ0n) is 15.2. The number of para-hydroxylation sites is 2. The first-order valence-corrected chi connectivity index (χ1v) is 13.4. The summed E-state index contributed by atoms with van der Waals surface area (Å²) in [5.74, 6) is 0.606. The Morgan fingerprint density at radius 2 is 1.08 bits per heavy atom. The van der Waals surface area contributed by atoms with Gasteiger partial charge in [0, 0.05) is 18.6 Å². The topological polar surface area (TPSA) is 40.5 Å². The average Bonchev–Trinajstić information content (AvgIpc) is 2.64. The number of rotatable bonds is 0. The van der Waals surface area contributed by atoms with Crippen LogP contribution in [0.2, 0.25) is 0 Å². The molecular formula is C18H26BrI4O2V-. The molecule has 0 heterocycles. The normalized spacial score (nSPS) is 7.19. The molecule has 2 nitrogen and oxygen atoms in total. The van der Waals surface area contributed by atoms with Gasteiger partial charge in [0.15, 0.2) is 0 Å². The molecule has 1 radical (unpaired) electrons. The molecule has 0 aromatic heterocycles. The van der Waals surface area contributed by atoms with Gasteiger partial charge in [-0.05, 0) is 40.2 Å². The van der Waals surface area contributed by atoms with E-state index in [1.165, 1.54) is 0 Å². The standard InChI is InChI=1S/C6H5BrO.C6H6O.2C2H6.CHI3.CH2I.V/c7-5-3-1-2-4-6(5)8;7-6-4-2-1-3-5-6;2*1-2;2-1(3)4;1-2;/h1-4,8H;1-5,7H;2*1-2H3;1H;1H2;/q;;;;;-1;. The van der Waals surface area contributed by atoms with Gasteiger partial charge in [-0.25, -0.2) is 0 Å². The second kappa shape index (κ2) is 34.5. The van der Waals surface area contributed by atoms with E-state index < -0.39 is 0 Å². The molecule has 0 fully saturated rings. The number of halogens is 5. The van der Waals surface area contributed by atoms with Crippen LogP contribution in [0.25, 0.3) is 0 Å². The molecule has 0 bridgehead atoms. The van der Waals surface area contributed by atoms with Gasteiger partial charge >= 0.3 is 0 Å². The molecule has 2 aromatic carbocycles. The molecule has 2 N–H and O–H groups in total. The SMILES string of the molecule is CC.CC.IC(I)I.Oc1ccccc1.Oc1ccccc1Br.[CH2-]I.[V]. The van der Waals surface area contributed by atoms with Gasteiger partial charge in [-0.1, -0.05) is 126 Å². The van der Waals surface area contributed by atoms with Gasteiger partial charge in [-0.2, -0.15) is 0 Å². The van der Waals surface area contributed by atoms with Crippen LogP contribution in [0.5, 0.6) is 11.5 Å². The second-order valence-corrected chi connectivity index (χ2v) is 14.8. The van der Waals surface area contributed by atoms with Gasteiger partial charge in [0.2, 0.25) is 0 Å². The fourth-order valence-corrected chi connectivity index (χ4v) is 1.16. The first-order chi connectivity index (χ1) is 11.9. The summed E-state index contributed by atoms with van der Waals surface area (Å²) in [6.07, 6.45) is 0. The molecule has 2 aromatic rings. The molecule has 8 heteroatoms. The minimum Gasteiger partial charge on any atom is -0.508 e. The smallest absolute Gasteiger partial charge is 0.129 e. The molecule has 2 rings (SSSR count). The Kier molecular flexibility index (Phi) is 51.3. The Bertz CT molecular complexity index is 440. The van der Waals surface area contributed by atoms with Crippen molar-refractivity contribution in [2.75, 3.05) is 0 Å². The van der Waals surface area contributed by atoms with Crippen molar-refractivity contribution < 1.29 is 28.8 Å². The summed E-state index contributed by atoms with van der Waals surface area (Å²) < 4.78 is 1.48. The molecular weight excluding hydrogens is 887 g/mol. The van der Waals surface area contributed by atoms with Crippen LogP contribution >= 0.6 is 106 Å². The number of alkyl halides is 3. The number of hydrogen-bond donors (Lipinski definition) is 2. The van der Waals surface area contributed by atoms with Crippen molar-refractivity contribution in [3.63, 3.8) is 0 Å². The largest absolute Gasteiger partial charge is 0.508 e. The van der Waals surface area contributed by atoms with Crippen LogP contribution in [0.4, 0.5) is 0 Å². The number of phenols is 2. The van der Waals surface area contributed by atoms with E-state index in [1.807, 2.05) is 62.4 Å². The maximum atomic E-state index is 8.87. The Labute approximate surface area is 234 Å². The van der Waals surface area contributed by atoms with Crippen molar-refractivity contribution in [2.45, 2.75) is 27.6 Å². The fourth-order valence-electron chi connectivity index (χ4n) is 0.880. The summed E-state index contributed by atoms with van der Waals surface area (Å²) in [5.41, 5.74) is 0. The van der Waals surface area contributed by atoms with Crippen molar-refractivity contribution in [1.82, 2.24) is 0 Å². The van der Waals surface area contributed by atoms with E-state index in [-0.39, 0.29) is 24.3 Å². The predicted molar refractivity (Wildman–Crippen MR) is 152 cm³/mol. The third-order valence-electron chi connectivity index (χ3n) is 1.61. The van der Waals surface area contributed by atoms with Gasteiger partial charge < -0.3 is 32.8 Å². The fraction of sp³-hybridized carbons (Fsp3) is 0.278. The monoisotopic (exact) mass is 912 g/mol. The van der Waals surface area contributed by atoms with Crippen molar-refractivity contribution in [1.29, 1.82) is 0 Å². The number of hydrogen-bond acceptors (Lipinski definition) is 2. The van der Waals surface area contributed by atoms with E-state index in [1.54, 1.807) is 42.5 Å². The maximum absolute atomic E-state index is 8.87. The van der Waals surface area contributed by atoms with Gasteiger partial charge in [0.1, 0.15) is 11.4 Å². The third kappa shape index (κ3) is 36.9. The van der Waals surface area contributed by atoms with Gasteiger partial charge in [-0.3, -0.25) is 4.93 Å². The van der Waals surface area contributed by atoms with E-state index in [2.05, 4.69) is 88.6 Å². The summed E-state index contributed by atoms with van der Waals surface area (Å²) in [4.78, 5) is 3.22. The van der Waals surface area contributed by atoms with E-state index in [4.69, 9.17) is 10.2 Å². The summed E-state index contributed by atoms with van der Waals surface area (Å²) in [6.45, 7) is 8.00. The van der Waals surface area contributed by atoms with Crippen LogP contribution in [-0.4, -0.2) is 10.2 Å². The predicted octanol–water partition coefficient (Wildman–Crippen LogP) is 9.38. The minimum atomic E-state index is 0. The van der Waals surface area contributed by atoms with Crippen LogP contribution < -0.4 is 0 Å². The van der Waals surface area contributed by atoms with Crippen molar-refractivity contribution in [2.24, 2.45) is 0 Å². The summed E-state index contributed by atoms with van der Waals surface area (Å²) in [6, 6.07) is 15.8. The zero-order chi connectivity index (χ0) is 20.7. The van der Waals surface area contributed by atoms with Gasteiger partial charge in [0.05, 0.1) is 4.47 Å². The molecule has 0 amide bonds. The molecule has 0 aliphatic carbocycles. The molecule has 0 saturated heterocycles. The molecule has 0 aliphatic rings. The third-order valence-corrected chi connectivity index (χ3v) is 2.28. The number of aromatic hydroxyl groups is 2. The zero-order valence-corrected chi connectivity index (χ0v) is 26.8. The number of benzene rings is 2. The Morgan fingerprint density at radius 1 is 0.769 bits per heavy atom. The Hall–Kier alpha value is 2.02. The quantitative estimate of drug-likeness (QED) is 0.157. The Balaban J connectivity index is -0.0000000752. The summed E-state index contributed by atoms with van der Waals surface area (Å²) >= 11 is 12.0. The minimum absolute atomic E-state index is 0. The van der Waals surface area contributed by atoms with E-state index >= 15 is 0 Å². The molecule has 26 heavy (non-hydrogen) atoms. The Morgan fingerprint density at radius 3 is 1.27 bits per heavy atom. The summed E-state index contributed by atoms with van der Waals surface area (Å²) in [5, 5.41) is 17.5. The average molecular weight is 913 g/mol. The van der Waals surface area contributed by atoms with Crippen LogP contribution in [0.15, 0.2) is 59.1 Å². The van der Waals surface area contributed by atoms with Crippen LogP contribution in [-0.2, 0) is 18.6 Å². The van der Waals surface area contributed by atoms with Crippen molar-refractivity contribution in [3.05, 3.63) is 64.0 Å². The van der Waals surface area contributed by atoms with E-state index in [9.17, 15) is 0 Å². The molecule has 0 unspecified atom stereocenters. The van der Waals surface area contributed by atoms with E-state index in [0.717, 1.165) is 4.41 Å². The van der Waals surface area contributed by atoms with Crippen molar-refractivity contribution in [3.8, 4) is 11.5 Å². The van der Waals surface area contributed by atoms with E-state index in [0.29, 0.717) is 5.75 Å². The second-order valence-electron chi connectivity index (χ2n) is 3.03. The summed E-state index contributed by atoms with van der Waals surface area (Å²) in [7, 11) is 0. The molecule has 0 aliphatic heterocycles. The van der Waals surface area contributed by atoms with Crippen LogP contribution in [0.1, 0.15) is 27.7 Å². The maximum Gasteiger partial charge on any atom is 0.129 e. The molecule has 151 valence electrons. The van der Waals surface area contributed by atoms with Gasteiger partial charge in [0.25, 0.3) is 0 Å². The van der Waals surface area contributed by atoms with Crippen molar-refractivity contribution >= 4 is 106 Å². The first-order valence-electron chi connectivity index (χ1n) is 7.30. The number of phenolic OH excluding ortho intramolecular Hbond substituents is 2. The van der Waals surface area contributed by atoms with Gasteiger partial charge in [-0.15, -0.1) is 0 Å². The van der Waals surface area contributed by atoms with Crippen LogP contribution in [0.3, 0.4) is 0 Å². The molecule has 0 spiro atoms. The first kappa shape index (κ1) is 38.6. The molecule has 0 atom stereocenters.